The van der Waals surface area contributed by atoms with Gasteiger partial charge in [0.1, 0.15) is 0 Å². The molecular formula is C18H32. The van der Waals surface area contributed by atoms with Crippen LogP contribution in [-0.4, -0.2) is 0 Å². The smallest absolute Gasteiger partial charge is 0.0169 e. The molecule has 18 heavy (non-hydrogen) atoms. The molecule has 0 atom stereocenters. The molecular weight excluding hydrogens is 216 g/mol. The maximum Gasteiger partial charge on any atom is -0.0169 e. The zero-order valence-electron chi connectivity index (χ0n) is 12.8. The van der Waals surface area contributed by atoms with Gasteiger partial charge in [-0.1, -0.05) is 55.6 Å². The zero-order chi connectivity index (χ0) is 13.6. The Morgan fingerprint density at radius 1 is 0.889 bits per heavy atom. The minimum absolute atomic E-state index is 1.02. The summed E-state index contributed by atoms with van der Waals surface area (Å²) >= 11 is 0. The van der Waals surface area contributed by atoms with Crippen LogP contribution in [0, 0.1) is 0 Å². The van der Waals surface area contributed by atoms with Gasteiger partial charge in [0.05, 0.1) is 0 Å². The van der Waals surface area contributed by atoms with Gasteiger partial charge in [0, 0.05) is 0 Å². The van der Waals surface area contributed by atoms with Gasteiger partial charge in [0.15, 0.2) is 0 Å². The van der Waals surface area contributed by atoms with Gasteiger partial charge in [0.25, 0.3) is 0 Å². The van der Waals surface area contributed by atoms with E-state index in [1.807, 2.05) is 6.08 Å². The first-order chi connectivity index (χ1) is 8.70. The molecule has 0 heterocycles. The summed E-state index contributed by atoms with van der Waals surface area (Å²) in [4.78, 5) is 0. The van der Waals surface area contributed by atoms with Crippen molar-refractivity contribution in [2.24, 2.45) is 0 Å². The van der Waals surface area contributed by atoms with Gasteiger partial charge in [-0.25, -0.2) is 0 Å². The van der Waals surface area contributed by atoms with Crippen molar-refractivity contribution in [3.8, 4) is 0 Å². The molecule has 0 radical (unpaired) electrons. The van der Waals surface area contributed by atoms with Gasteiger partial charge < -0.3 is 0 Å². The lowest BCUT2D eigenvalue weighted by molar-refractivity contribution is 0.642. The van der Waals surface area contributed by atoms with E-state index in [1.54, 1.807) is 5.57 Å². The Bertz CT molecular complexity index is 255. The largest absolute Gasteiger partial charge is 0.103 e. The highest BCUT2D eigenvalue weighted by Gasteiger charge is 1.92. The van der Waals surface area contributed by atoms with Gasteiger partial charge in [-0.3, -0.25) is 0 Å². The molecule has 0 aromatic rings. The standard InChI is InChI=1S/C18H32/c1-5-7-14-18(4)16-12-10-8-9-11-15-17(3)13-6-2/h5,14-15H,1,6-13,16H2,2-4H3. The van der Waals surface area contributed by atoms with Crippen LogP contribution in [-0.2, 0) is 0 Å². The fourth-order valence-corrected chi connectivity index (χ4v) is 2.13. The second-order valence-electron chi connectivity index (χ2n) is 5.33. The Hall–Kier alpha value is -0.780. The van der Waals surface area contributed by atoms with Crippen molar-refractivity contribution in [2.45, 2.75) is 78.6 Å². The fourth-order valence-electron chi connectivity index (χ4n) is 2.13. The summed E-state index contributed by atoms with van der Waals surface area (Å²) in [6, 6.07) is 0. The number of rotatable bonds is 11. The van der Waals surface area contributed by atoms with Crippen LogP contribution >= 0.6 is 0 Å². The van der Waals surface area contributed by atoms with E-state index in [2.05, 4.69) is 39.5 Å². The highest BCUT2D eigenvalue weighted by Crippen LogP contribution is 2.12. The molecule has 0 saturated heterocycles. The topological polar surface area (TPSA) is 0 Å². The molecule has 0 saturated carbocycles. The molecule has 0 nitrogen and oxygen atoms in total. The van der Waals surface area contributed by atoms with Crippen molar-refractivity contribution in [1.82, 2.24) is 0 Å². The summed E-state index contributed by atoms with van der Waals surface area (Å²) < 4.78 is 0. The lowest BCUT2D eigenvalue weighted by atomic mass is 10.0. The van der Waals surface area contributed by atoms with Crippen LogP contribution in [0.25, 0.3) is 0 Å². The molecule has 0 bridgehead atoms. The predicted octanol–water partition coefficient (Wildman–Crippen LogP) is 6.60. The third-order valence-electron chi connectivity index (χ3n) is 3.30. The van der Waals surface area contributed by atoms with Crippen LogP contribution in [0.5, 0.6) is 0 Å². The second-order valence-corrected chi connectivity index (χ2v) is 5.33. The van der Waals surface area contributed by atoms with E-state index < -0.39 is 0 Å². The third-order valence-corrected chi connectivity index (χ3v) is 3.30. The summed E-state index contributed by atoms with van der Waals surface area (Å²) in [5.74, 6) is 0. The predicted molar refractivity (Wildman–Crippen MR) is 84.9 cm³/mol. The molecule has 0 rings (SSSR count). The lowest BCUT2D eigenvalue weighted by Gasteiger charge is -2.02. The minimum atomic E-state index is 1.02. The number of unbranched alkanes of at least 4 members (excludes halogenated alkanes) is 4. The number of allylic oxidation sites excluding steroid dienone is 5. The van der Waals surface area contributed by atoms with Crippen molar-refractivity contribution in [3.63, 3.8) is 0 Å². The Balaban J connectivity index is 3.41. The third kappa shape index (κ3) is 11.7. The summed E-state index contributed by atoms with van der Waals surface area (Å²) in [7, 11) is 0. The molecule has 0 aliphatic carbocycles. The first-order valence-electron chi connectivity index (χ1n) is 7.62. The molecule has 0 aromatic carbocycles. The van der Waals surface area contributed by atoms with E-state index in [-0.39, 0.29) is 0 Å². The number of hydrogen-bond donors (Lipinski definition) is 0. The first-order valence-corrected chi connectivity index (χ1v) is 7.62. The van der Waals surface area contributed by atoms with Gasteiger partial charge in [0.2, 0.25) is 0 Å². The molecule has 0 fully saturated rings. The Morgan fingerprint density at radius 3 is 2.22 bits per heavy atom. The monoisotopic (exact) mass is 248 g/mol. The van der Waals surface area contributed by atoms with Crippen LogP contribution in [0.2, 0.25) is 0 Å². The Kier molecular flexibility index (Phi) is 12.1. The molecule has 0 heteroatoms. The molecule has 0 spiro atoms. The molecule has 104 valence electrons. The van der Waals surface area contributed by atoms with E-state index >= 15 is 0 Å². The maximum atomic E-state index is 3.74. The van der Waals surface area contributed by atoms with Gasteiger partial charge >= 0.3 is 0 Å². The molecule has 0 N–H and O–H groups in total. The van der Waals surface area contributed by atoms with Crippen LogP contribution in [0.1, 0.15) is 78.6 Å². The van der Waals surface area contributed by atoms with Crippen LogP contribution < -0.4 is 0 Å². The summed E-state index contributed by atoms with van der Waals surface area (Å²) in [6.45, 7) is 10.5. The van der Waals surface area contributed by atoms with Crippen LogP contribution in [0.4, 0.5) is 0 Å². The first kappa shape index (κ1) is 17.2. The van der Waals surface area contributed by atoms with Crippen molar-refractivity contribution >= 4 is 0 Å². The summed E-state index contributed by atoms with van der Waals surface area (Å²) in [5, 5.41) is 0. The van der Waals surface area contributed by atoms with E-state index in [1.165, 1.54) is 56.9 Å². The van der Waals surface area contributed by atoms with Crippen molar-refractivity contribution in [2.75, 3.05) is 0 Å². The van der Waals surface area contributed by atoms with E-state index in [0.717, 1.165) is 6.42 Å². The highest BCUT2D eigenvalue weighted by molar-refractivity contribution is 5.00. The molecule has 0 aliphatic heterocycles. The Morgan fingerprint density at radius 2 is 1.56 bits per heavy atom. The van der Waals surface area contributed by atoms with E-state index in [9.17, 15) is 0 Å². The lowest BCUT2D eigenvalue weighted by Crippen LogP contribution is -1.82. The quantitative estimate of drug-likeness (QED) is 0.285. The zero-order valence-corrected chi connectivity index (χ0v) is 12.8. The minimum Gasteiger partial charge on any atom is -0.103 e. The average molecular weight is 248 g/mol. The Labute approximate surface area is 115 Å². The number of hydrogen-bond acceptors (Lipinski definition) is 0. The van der Waals surface area contributed by atoms with Crippen molar-refractivity contribution < 1.29 is 0 Å². The maximum absolute atomic E-state index is 3.74. The molecule has 0 amide bonds. The van der Waals surface area contributed by atoms with Crippen LogP contribution in [0.15, 0.2) is 36.0 Å². The molecule has 0 unspecified atom stereocenters. The van der Waals surface area contributed by atoms with Gasteiger partial charge in [-0.2, -0.15) is 0 Å². The van der Waals surface area contributed by atoms with Gasteiger partial charge in [-0.05, 0) is 52.4 Å². The molecule has 0 aromatic heterocycles. The van der Waals surface area contributed by atoms with Crippen molar-refractivity contribution in [1.29, 1.82) is 0 Å². The van der Waals surface area contributed by atoms with Gasteiger partial charge in [-0.15, -0.1) is 6.58 Å². The SMILES string of the molecule is C=CCC=C(C)CCCCCCC=C(C)CCC. The summed E-state index contributed by atoms with van der Waals surface area (Å²) in [5.41, 5.74) is 3.09. The second kappa shape index (κ2) is 12.7. The van der Waals surface area contributed by atoms with Crippen molar-refractivity contribution in [3.05, 3.63) is 36.0 Å². The molecule has 0 aliphatic rings. The normalized spacial score (nSPS) is 12.8. The van der Waals surface area contributed by atoms with Crippen LogP contribution in [0.3, 0.4) is 0 Å². The van der Waals surface area contributed by atoms with E-state index in [4.69, 9.17) is 0 Å². The summed E-state index contributed by atoms with van der Waals surface area (Å²) in [6.07, 6.45) is 18.3. The highest BCUT2D eigenvalue weighted by atomic mass is 14.0. The average Bonchev–Trinajstić information content (AvgIpc) is 2.35. The van der Waals surface area contributed by atoms with E-state index in [0.29, 0.717) is 0 Å². The fraction of sp³-hybridized carbons (Fsp3) is 0.667.